The van der Waals surface area contributed by atoms with Crippen LogP contribution in [0.25, 0.3) is 0 Å². The molecule has 0 radical (unpaired) electrons. The highest BCUT2D eigenvalue weighted by atomic mass is 32.2. The standard InChI is InChI=1S/C27H33NO6S/c1-4-15-28(19-21-12-13-24(33-16-5-2)25(18-21)32-6-3)27(29)26-22(14-17-34-26)20-35(30,31)23-10-8-7-9-11-23/h7-14,17-18H,4-6,15-16,19-20H2,1-3H3. The van der Waals surface area contributed by atoms with E-state index >= 15 is 0 Å². The molecular formula is C27H33NO6S. The molecule has 3 aromatic rings. The minimum Gasteiger partial charge on any atom is -0.490 e. The van der Waals surface area contributed by atoms with Gasteiger partial charge in [0.1, 0.15) is 0 Å². The maximum Gasteiger partial charge on any atom is 0.290 e. The van der Waals surface area contributed by atoms with E-state index in [1.165, 1.54) is 6.26 Å². The molecule has 0 saturated heterocycles. The molecule has 3 rings (SSSR count). The van der Waals surface area contributed by atoms with Crippen LogP contribution in [0.1, 0.15) is 55.3 Å². The van der Waals surface area contributed by atoms with Crippen LogP contribution < -0.4 is 9.47 Å². The van der Waals surface area contributed by atoms with E-state index in [2.05, 4.69) is 0 Å². The minimum atomic E-state index is -3.62. The smallest absolute Gasteiger partial charge is 0.290 e. The van der Waals surface area contributed by atoms with Crippen LogP contribution in [0.5, 0.6) is 11.5 Å². The third-order valence-corrected chi connectivity index (χ3v) is 6.99. The Hall–Kier alpha value is -3.26. The number of rotatable bonds is 13. The summed E-state index contributed by atoms with van der Waals surface area (Å²) in [6.45, 7) is 7.83. The maximum atomic E-state index is 13.4. The van der Waals surface area contributed by atoms with E-state index in [4.69, 9.17) is 13.9 Å². The van der Waals surface area contributed by atoms with Crippen LogP contribution in [0.4, 0.5) is 0 Å². The Morgan fingerprint density at radius 1 is 0.943 bits per heavy atom. The van der Waals surface area contributed by atoms with Crippen LogP contribution in [-0.2, 0) is 22.1 Å². The van der Waals surface area contributed by atoms with Gasteiger partial charge in [-0.2, -0.15) is 0 Å². The highest BCUT2D eigenvalue weighted by molar-refractivity contribution is 7.90. The van der Waals surface area contributed by atoms with Crippen LogP contribution in [0.2, 0.25) is 0 Å². The normalized spacial score (nSPS) is 11.3. The predicted molar refractivity (Wildman–Crippen MR) is 134 cm³/mol. The zero-order valence-electron chi connectivity index (χ0n) is 20.5. The topological polar surface area (TPSA) is 86.0 Å². The van der Waals surface area contributed by atoms with E-state index in [-0.39, 0.29) is 22.3 Å². The van der Waals surface area contributed by atoms with Gasteiger partial charge in [-0.05, 0) is 55.7 Å². The van der Waals surface area contributed by atoms with Crippen molar-refractivity contribution in [2.45, 2.75) is 50.8 Å². The van der Waals surface area contributed by atoms with Gasteiger partial charge in [-0.25, -0.2) is 8.42 Å². The molecule has 0 aliphatic heterocycles. The summed E-state index contributed by atoms with van der Waals surface area (Å²) in [5, 5.41) is 0. The molecule has 0 saturated carbocycles. The summed E-state index contributed by atoms with van der Waals surface area (Å²) in [6.07, 6.45) is 2.98. The summed E-state index contributed by atoms with van der Waals surface area (Å²) in [5.74, 6) is 0.692. The van der Waals surface area contributed by atoms with E-state index in [1.807, 2.05) is 39.0 Å². The van der Waals surface area contributed by atoms with E-state index < -0.39 is 9.84 Å². The van der Waals surface area contributed by atoms with E-state index in [0.717, 1.165) is 18.4 Å². The van der Waals surface area contributed by atoms with Crippen molar-refractivity contribution >= 4 is 15.7 Å². The van der Waals surface area contributed by atoms with Gasteiger partial charge in [-0.1, -0.05) is 38.1 Å². The minimum absolute atomic E-state index is 0.0471. The summed E-state index contributed by atoms with van der Waals surface area (Å²) in [7, 11) is -3.62. The van der Waals surface area contributed by atoms with Crippen LogP contribution in [-0.4, -0.2) is 39.0 Å². The van der Waals surface area contributed by atoms with Crippen molar-refractivity contribution in [3.05, 3.63) is 77.7 Å². The molecule has 2 aromatic carbocycles. The van der Waals surface area contributed by atoms with Crippen molar-refractivity contribution in [2.24, 2.45) is 0 Å². The zero-order valence-corrected chi connectivity index (χ0v) is 21.3. The van der Waals surface area contributed by atoms with Gasteiger partial charge < -0.3 is 18.8 Å². The lowest BCUT2D eigenvalue weighted by Crippen LogP contribution is -2.31. The van der Waals surface area contributed by atoms with Gasteiger partial charge in [0.15, 0.2) is 27.1 Å². The summed E-state index contributed by atoms with van der Waals surface area (Å²) < 4.78 is 42.8. The molecule has 1 aromatic heterocycles. The van der Waals surface area contributed by atoms with Gasteiger partial charge in [0, 0.05) is 18.7 Å². The highest BCUT2D eigenvalue weighted by Gasteiger charge is 2.26. The molecule has 7 nitrogen and oxygen atoms in total. The fourth-order valence-electron chi connectivity index (χ4n) is 3.69. The molecule has 0 aliphatic rings. The lowest BCUT2D eigenvalue weighted by atomic mass is 10.1. The van der Waals surface area contributed by atoms with Crippen molar-refractivity contribution in [3.63, 3.8) is 0 Å². The molecule has 35 heavy (non-hydrogen) atoms. The van der Waals surface area contributed by atoms with E-state index in [0.29, 0.717) is 43.4 Å². The predicted octanol–water partition coefficient (Wildman–Crippen LogP) is 5.49. The maximum absolute atomic E-state index is 13.4. The average Bonchev–Trinajstić information content (AvgIpc) is 3.31. The molecule has 0 unspecified atom stereocenters. The first-order valence-electron chi connectivity index (χ1n) is 11.9. The first-order chi connectivity index (χ1) is 16.9. The molecule has 1 amide bonds. The first-order valence-corrected chi connectivity index (χ1v) is 13.6. The van der Waals surface area contributed by atoms with Crippen molar-refractivity contribution in [1.82, 2.24) is 4.90 Å². The Bertz CT molecular complexity index is 1200. The largest absolute Gasteiger partial charge is 0.490 e. The Balaban J connectivity index is 1.82. The Morgan fingerprint density at radius 3 is 2.40 bits per heavy atom. The molecule has 188 valence electrons. The number of nitrogens with zero attached hydrogens (tertiary/aromatic N) is 1. The fourth-order valence-corrected chi connectivity index (χ4v) is 5.06. The van der Waals surface area contributed by atoms with Gasteiger partial charge in [-0.3, -0.25) is 4.79 Å². The number of amides is 1. The summed E-state index contributed by atoms with van der Waals surface area (Å²) >= 11 is 0. The molecule has 8 heteroatoms. The van der Waals surface area contributed by atoms with Crippen LogP contribution in [0.3, 0.4) is 0 Å². The summed E-state index contributed by atoms with van der Waals surface area (Å²) in [5.41, 5.74) is 1.22. The molecule has 0 atom stereocenters. The number of ether oxygens (including phenoxy) is 2. The third kappa shape index (κ3) is 6.88. The number of hydrogen-bond acceptors (Lipinski definition) is 6. The molecule has 0 N–H and O–H groups in total. The quantitative estimate of drug-likeness (QED) is 0.309. The lowest BCUT2D eigenvalue weighted by molar-refractivity contribution is 0.0709. The zero-order chi connectivity index (χ0) is 25.3. The van der Waals surface area contributed by atoms with Gasteiger partial charge in [-0.15, -0.1) is 0 Å². The molecule has 1 heterocycles. The molecule has 0 aliphatic carbocycles. The first kappa shape index (κ1) is 26.3. The molecule has 0 spiro atoms. The van der Waals surface area contributed by atoms with Crippen LogP contribution >= 0.6 is 0 Å². The monoisotopic (exact) mass is 499 g/mol. The van der Waals surface area contributed by atoms with Crippen molar-refractivity contribution in [3.8, 4) is 11.5 Å². The van der Waals surface area contributed by atoms with Gasteiger partial charge in [0.2, 0.25) is 0 Å². The second-order valence-electron chi connectivity index (χ2n) is 8.14. The van der Waals surface area contributed by atoms with Gasteiger partial charge in [0.05, 0.1) is 30.1 Å². The van der Waals surface area contributed by atoms with Crippen LogP contribution in [0, 0.1) is 0 Å². The molecule has 0 fully saturated rings. The lowest BCUT2D eigenvalue weighted by Gasteiger charge is -2.22. The summed E-state index contributed by atoms with van der Waals surface area (Å²) in [6, 6.07) is 15.4. The summed E-state index contributed by atoms with van der Waals surface area (Å²) in [4.78, 5) is 15.3. The number of furan rings is 1. The average molecular weight is 500 g/mol. The van der Waals surface area contributed by atoms with Crippen LogP contribution in [0.15, 0.2) is 70.2 Å². The Labute approximate surface area is 207 Å². The SMILES string of the molecule is CCCOc1ccc(CN(CCC)C(=O)c2occc2CS(=O)(=O)c2ccccc2)cc1OCC. The Kier molecular flexibility index (Phi) is 9.37. The van der Waals surface area contributed by atoms with Crippen molar-refractivity contribution in [1.29, 1.82) is 0 Å². The molecular weight excluding hydrogens is 466 g/mol. The van der Waals surface area contributed by atoms with Gasteiger partial charge in [0.25, 0.3) is 5.91 Å². The number of sulfone groups is 1. The molecule has 0 bridgehead atoms. The third-order valence-electron chi connectivity index (χ3n) is 5.31. The van der Waals surface area contributed by atoms with E-state index in [9.17, 15) is 13.2 Å². The number of carbonyl (C=O) groups excluding carboxylic acids is 1. The number of carbonyl (C=O) groups is 1. The van der Waals surface area contributed by atoms with E-state index in [1.54, 1.807) is 41.3 Å². The second kappa shape index (κ2) is 12.4. The van der Waals surface area contributed by atoms with Crippen molar-refractivity contribution < 1.29 is 27.1 Å². The second-order valence-corrected chi connectivity index (χ2v) is 10.1. The number of benzene rings is 2. The highest BCUT2D eigenvalue weighted by Crippen LogP contribution is 2.30. The van der Waals surface area contributed by atoms with Crippen molar-refractivity contribution in [2.75, 3.05) is 19.8 Å². The number of hydrogen-bond donors (Lipinski definition) is 0. The fraction of sp³-hybridized carbons (Fsp3) is 0.370. The Morgan fingerprint density at radius 2 is 1.71 bits per heavy atom. The van der Waals surface area contributed by atoms with Gasteiger partial charge >= 0.3 is 0 Å².